The number of amides is 3. The van der Waals surface area contributed by atoms with Gasteiger partial charge < -0.3 is 19.2 Å². The van der Waals surface area contributed by atoms with Gasteiger partial charge in [0.25, 0.3) is 17.3 Å². The standard InChI is InChI=1S/C22H15N5O10/c1-35-21(29)18-6-4-15(36-18)11-25-20(28)16(24-22(25)30)9-12-8-13(26(31)32)2-5-17(12)37-19-7-3-14(10-23-19)27(33)34/h2-10H,11H2,1H3,(H,24,30)/b16-9-. The van der Waals surface area contributed by atoms with Gasteiger partial charge in [0.15, 0.2) is 0 Å². The van der Waals surface area contributed by atoms with Crippen LogP contribution in [-0.2, 0) is 16.1 Å². The monoisotopic (exact) mass is 509 g/mol. The summed E-state index contributed by atoms with van der Waals surface area (Å²) in [6.45, 7) is -0.302. The highest BCUT2D eigenvalue weighted by molar-refractivity contribution is 6.14. The first-order chi connectivity index (χ1) is 17.7. The van der Waals surface area contributed by atoms with Gasteiger partial charge >= 0.3 is 12.0 Å². The highest BCUT2D eigenvalue weighted by Gasteiger charge is 2.34. The third-order valence-corrected chi connectivity index (χ3v) is 4.97. The topological polar surface area (TPSA) is 197 Å². The molecule has 15 heteroatoms. The van der Waals surface area contributed by atoms with E-state index >= 15 is 0 Å². The number of urea groups is 1. The van der Waals surface area contributed by atoms with Crippen LogP contribution in [-0.4, -0.2) is 44.7 Å². The van der Waals surface area contributed by atoms with Gasteiger partial charge in [-0.3, -0.25) is 29.9 Å². The minimum absolute atomic E-state index is 0.0220. The molecule has 188 valence electrons. The lowest BCUT2D eigenvalue weighted by Crippen LogP contribution is -2.30. The number of rotatable bonds is 8. The van der Waals surface area contributed by atoms with Crippen molar-refractivity contribution in [1.29, 1.82) is 0 Å². The minimum atomic E-state index is -0.794. The van der Waals surface area contributed by atoms with E-state index in [4.69, 9.17) is 9.15 Å². The number of carbonyl (C=O) groups excluding carboxylic acids is 3. The summed E-state index contributed by atoms with van der Waals surface area (Å²) in [5.41, 5.74) is -0.763. The summed E-state index contributed by atoms with van der Waals surface area (Å²) in [7, 11) is 1.17. The number of ether oxygens (including phenoxy) is 2. The number of nitro groups is 2. The largest absolute Gasteiger partial charge is 0.463 e. The number of furan rings is 1. The molecule has 2 aromatic heterocycles. The zero-order chi connectivity index (χ0) is 26.7. The predicted molar refractivity (Wildman–Crippen MR) is 121 cm³/mol. The Morgan fingerprint density at radius 3 is 2.49 bits per heavy atom. The number of pyridine rings is 1. The van der Waals surface area contributed by atoms with E-state index in [2.05, 4.69) is 15.0 Å². The molecule has 15 nitrogen and oxygen atoms in total. The number of aromatic nitrogens is 1. The van der Waals surface area contributed by atoms with Crippen molar-refractivity contribution in [2.45, 2.75) is 6.54 Å². The fourth-order valence-corrected chi connectivity index (χ4v) is 3.21. The molecule has 1 fully saturated rings. The lowest BCUT2D eigenvalue weighted by atomic mass is 10.1. The van der Waals surface area contributed by atoms with Crippen LogP contribution in [0.2, 0.25) is 0 Å². The third kappa shape index (κ3) is 5.24. The van der Waals surface area contributed by atoms with Crippen molar-refractivity contribution in [3.63, 3.8) is 0 Å². The van der Waals surface area contributed by atoms with Crippen LogP contribution in [0.5, 0.6) is 11.6 Å². The molecular weight excluding hydrogens is 494 g/mol. The van der Waals surface area contributed by atoms with Crippen LogP contribution in [0.3, 0.4) is 0 Å². The van der Waals surface area contributed by atoms with Gasteiger partial charge in [-0.1, -0.05) is 0 Å². The molecule has 1 aliphatic heterocycles. The molecule has 4 rings (SSSR count). The molecule has 3 heterocycles. The van der Waals surface area contributed by atoms with E-state index in [-0.39, 0.29) is 52.3 Å². The molecule has 1 aliphatic rings. The lowest BCUT2D eigenvalue weighted by Gasteiger charge is -2.10. The van der Waals surface area contributed by atoms with E-state index < -0.39 is 27.8 Å². The normalized spacial score (nSPS) is 14.0. The molecule has 0 atom stereocenters. The molecule has 0 spiro atoms. The first kappa shape index (κ1) is 24.5. The summed E-state index contributed by atoms with van der Waals surface area (Å²) in [4.78, 5) is 62.3. The first-order valence-electron chi connectivity index (χ1n) is 10.2. The summed E-state index contributed by atoms with van der Waals surface area (Å²) in [5, 5.41) is 24.5. The average Bonchev–Trinajstić information content (AvgIpc) is 3.45. The van der Waals surface area contributed by atoms with Crippen LogP contribution in [0.25, 0.3) is 6.08 Å². The van der Waals surface area contributed by atoms with Crippen molar-refractivity contribution in [2.24, 2.45) is 0 Å². The second-order valence-corrected chi connectivity index (χ2v) is 7.33. The second kappa shape index (κ2) is 9.95. The Balaban J connectivity index is 1.61. The Bertz CT molecular complexity index is 1460. The van der Waals surface area contributed by atoms with Gasteiger partial charge in [-0.2, -0.15) is 0 Å². The van der Waals surface area contributed by atoms with Gasteiger partial charge in [-0.15, -0.1) is 0 Å². The molecule has 3 aromatic rings. The van der Waals surface area contributed by atoms with Crippen LogP contribution in [0.15, 0.2) is 58.8 Å². The molecule has 0 bridgehead atoms. The van der Waals surface area contributed by atoms with E-state index in [0.717, 1.165) is 29.3 Å². The van der Waals surface area contributed by atoms with Gasteiger partial charge in [-0.05, 0) is 24.3 Å². The van der Waals surface area contributed by atoms with Crippen LogP contribution in [0, 0.1) is 20.2 Å². The van der Waals surface area contributed by atoms with Crippen molar-refractivity contribution in [2.75, 3.05) is 7.11 Å². The number of esters is 1. The van der Waals surface area contributed by atoms with Gasteiger partial charge in [0.05, 0.1) is 23.5 Å². The Kier molecular flexibility index (Phi) is 6.59. The van der Waals surface area contributed by atoms with Gasteiger partial charge in [0.2, 0.25) is 11.6 Å². The Labute approximate surface area is 206 Å². The highest BCUT2D eigenvalue weighted by atomic mass is 16.6. The van der Waals surface area contributed by atoms with Crippen molar-refractivity contribution < 1.29 is 38.1 Å². The van der Waals surface area contributed by atoms with Gasteiger partial charge in [0.1, 0.15) is 23.4 Å². The number of nitrogens with zero attached hydrogens (tertiary/aromatic N) is 4. The number of hydrogen-bond acceptors (Lipinski definition) is 11. The molecule has 0 saturated carbocycles. The fraction of sp³-hybridized carbons (Fsp3) is 0.0909. The number of nitro benzene ring substituents is 1. The van der Waals surface area contributed by atoms with Crippen LogP contribution < -0.4 is 10.1 Å². The lowest BCUT2D eigenvalue weighted by molar-refractivity contribution is -0.385. The molecule has 0 unspecified atom stereocenters. The summed E-state index contributed by atoms with van der Waals surface area (Å²) >= 11 is 0. The molecule has 1 aromatic carbocycles. The van der Waals surface area contributed by atoms with E-state index in [0.29, 0.717) is 0 Å². The SMILES string of the molecule is COC(=O)c1ccc(CN2C(=O)N/C(=C\c3cc([N+](=O)[O-])ccc3Oc3ccc([N+](=O)[O-])cn3)C2=O)o1. The number of methoxy groups -OCH3 is 1. The van der Waals surface area contributed by atoms with Crippen LogP contribution >= 0.6 is 0 Å². The molecule has 0 aliphatic carbocycles. The maximum absolute atomic E-state index is 12.9. The number of non-ortho nitro benzene ring substituents is 1. The minimum Gasteiger partial charge on any atom is -0.463 e. The van der Waals surface area contributed by atoms with Crippen LogP contribution in [0.1, 0.15) is 21.9 Å². The van der Waals surface area contributed by atoms with E-state index in [1.54, 1.807) is 0 Å². The van der Waals surface area contributed by atoms with Crippen molar-refractivity contribution in [3.05, 3.63) is 91.7 Å². The Hall–Kier alpha value is -5.60. The smallest absolute Gasteiger partial charge is 0.373 e. The molecule has 0 radical (unpaired) electrons. The highest BCUT2D eigenvalue weighted by Crippen LogP contribution is 2.31. The number of benzene rings is 1. The number of carbonyl (C=O) groups is 3. The second-order valence-electron chi connectivity index (χ2n) is 7.33. The summed E-state index contributed by atoms with van der Waals surface area (Å²) in [6.07, 6.45) is 2.15. The van der Waals surface area contributed by atoms with Gasteiger partial charge in [-0.25, -0.2) is 14.6 Å². The zero-order valence-electron chi connectivity index (χ0n) is 18.8. The maximum Gasteiger partial charge on any atom is 0.373 e. The number of nitrogens with one attached hydrogen (secondary N) is 1. The van der Waals surface area contributed by atoms with E-state index in [1.807, 2.05) is 0 Å². The molecular formula is C22H15N5O10. The van der Waals surface area contributed by atoms with E-state index in [1.165, 1.54) is 37.5 Å². The summed E-state index contributed by atoms with van der Waals surface area (Å²) in [5.74, 6) is -1.51. The van der Waals surface area contributed by atoms with E-state index in [9.17, 15) is 34.6 Å². The van der Waals surface area contributed by atoms with Gasteiger partial charge in [0, 0.05) is 29.8 Å². The summed E-state index contributed by atoms with van der Waals surface area (Å²) in [6, 6.07) is 7.84. The first-order valence-corrected chi connectivity index (χ1v) is 10.2. The summed E-state index contributed by atoms with van der Waals surface area (Å²) < 4.78 is 15.4. The Morgan fingerprint density at radius 1 is 1.11 bits per heavy atom. The molecule has 1 N–H and O–H groups in total. The van der Waals surface area contributed by atoms with Crippen LogP contribution in [0.4, 0.5) is 16.2 Å². The molecule has 37 heavy (non-hydrogen) atoms. The van der Waals surface area contributed by atoms with Crippen molar-refractivity contribution in [1.82, 2.24) is 15.2 Å². The molecule has 3 amide bonds. The third-order valence-electron chi connectivity index (χ3n) is 4.97. The Morgan fingerprint density at radius 2 is 1.84 bits per heavy atom. The predicted octanol–water partition coefficient (Wildman–Crippen LogP) is 3.16. The van der Waals surface area contributed by atoms with Crippen molar-refractivity contribution in [3.8, 4) is 11.6 Å². The fourth-order valence-electron chi connectivity index (χ4n) is 3.21. The zero-order valence-corrected chi connectivity index (χ0v) is 18.8. The van der Waals surface area contributed by atoms with Crippen molar-refractivity contribution >= 4 is 35.4 Å². The number of imide groups is 1. The number of hydrogen-bond donors (Lipinski definition) is 1. The maximum atomic E-state index is 12.9. The molecule has 1 saturated heterocycles. The quantitative estimate of drug-likeness (QED) is 0.154. The average molecular weight is 509 g/mol.